The molecule has 3 nitrogen and oxygen atoms in total. The summed E-state index contributed by atoms with van der Waals surface area (Å²) in [4.78, 5) is 10.4. The molecule has 0 aromatic heterocycles. The largest absolute Gasteiger partial charge is 0.481 e. The van der Waals surface area contributed by atoms with Crippen LogP contribution in [-0.2, 0) is 4.79 Å². The molecule has 0 aliphatic carbocycles. The van der Waals surface area contributed by atoms with Crippen molar-refractivity contribution in [3.05, 3.63) is 41.5 Å². The van der Waals surface area contributed by atoms with Crippen molar-refractivity contribution < 1.29 is 15.0 Å². The highest BCUT2D eigenvalue weighted by Gasteiger charge is 2.06. The van der Waals surface area contributed by atoms with Gasteiger partial charge in [0.05, 0.1) is 6.10 Å². The van der Waals surface area contributed by atoms with Gasteiger partial charge in [-0.05, 0) is 36.5 Å². The van der Waals surface area contributed by atoms with E-state index in [1.165, 1.54) is 0 Å². The molecule has 0 radical (unpaired) electrons. The van der Waals surface area contributed by atoms with Gasteiger partial charge in [-0.25, -0.2) is 0 Å². The molecular weight excluding hydrogens is 264 g/mol. The first-order valence-electron chi connectivity index (χ1n) is 7.80. The maximum atomic E-state index is 10.4. The van der Waals surface area contributed by atoms with Crippen molar-refractivity contribution >= 4 is 12.0 Å². The number of aliphatic hydroxyl groups excluding tert-OH is 1. The number of hydrogen-bond acceptors (Lipinski definition) is 2. The monoisotopic (exact) mass is 290 g/mol. The number of benzene rings is 1. The standard InChI is InChI=1S/C18H26O3/c1-2-3-5-12-17(19)16-11-8-10-15(14-16)9-6-4-7-13-18(20)21/h6,8-11,14,17,19H,2-5,7,12-13H2,1H3,(H,20,21)/b9-6-/t17-/m0/s1. The lowest BCUT2D eigenvalue weighted by Gasteiger charge is -2.11. The van der Waals surface area contributed by atoms with Gasteiger partial charge in [0.2, 0.25) is 0 Å². The molecule has 0 aliphatic rings. The molecule has 0 unspecified atom stereocenters. The van der Waals surface area contributed by atoms with Crippen LogP contribution in [0.2, 0.25) is 0 Å². The summed E-state index contributed by atoms with van der Waals surface area (Å²) in [5, 5.41) is 18.7. The predicted molar refractivity (Wildman–Crippen MR) is 86.1 cm³/mol. The van der Waals surface area contributed by atoms with E-state index in [1.54, 1.807) is 0 Å². The number of hydrogen-bond donors (Lipinski definition) is 2. The van der Waals surface area contributed by atoms with Crippen molar-refractivity contribution in [1.29, 1.82) is 0 Å². The Labute approximate surface area is 127 Å². The summed E-state index contributed by atoms with van der Waals surface area (Å²) in [6.07, 6.45) is 9.38. The van der Waals surface area contributed by atoms with Gasteiger partial charge in [0.25, 0.3) is 0 Å². The molecule has 0 spiro atoms. The summed E-state index contributed by atoms with van der Waals surface area (Å²) < 4.78 is 0. The number of aliphatic hydroxyl groups is 1. The van der Waals surface area contributed by atoms with E-state index in [0.717, 1.165) is 43.2 Å². The van der Waals surface area contributed by atoms with Gasteiger partial charge in [-0.2, -0.15) is 0 Å². The minimum absolute atomic E-state index is 0.209. The molecule has 0 bridgehead atoms. The molecule has 1 rings (SSSR count). The molecule has 0 saturated heterocycles. The van der Waals surface area contributed by atoms with Gasteiger partial charge in [-0.15, -0.1) is 0 Å². The summed E-state index contributed by atoms with van der Waals surface area (Å²) in [6, 6.07) is 7.91. The summed E-state index contributed by atoms with van der Waals surface area (Å²) in [6.45, 7) is 2.15. The van der Waals surface area contributed by atoms with Gasteiger partial charge < -0.3 is 10.2 Å². The lowest BCUT2D eigenvalue weighted by Crippen LogP contribution is -1.97. The molecule has 1 aromatic carbocycles. The Kier molecular flexibility index (Phi) is 8.44. The molecule has 116 valence electrons. The number of carbonyl (C=O) groups is 1. The van der Waals surface area contributed by atoms with Gasteiger partial charge >= 0.3 is 5.97 Å². The van der Waals surface area contributed by atoms with E-state index in [4.69, 9.17) is 5.11 Å². The summed E-state index contributed by atoms with van der Waals surface area (Å²) in [5.41, 5.74) is 2.01. The Bertz CT molecular complexity index is 452. The first kappa shape index (κ1) is 17.4. The number of unbranched alkanes of at least 4 members (excludes halogenated alkanes) is 3. The second-order valence-corrected chi connectivity index (χ2v) is 5.37. The van der Waals surface area contributed by atoms with Gasteiger partial charge in [-0.1, -0.05) is 56.5 Å². The van der Waals surface area contributed by atoms with E-state index < -0.39 is 12.1 Å². The highest BCUT2D eigenvalue weighted by Crippen LogP contribution is 2.21. The molecule has 3 heteroatoms. The number of aliphatic carboxylic acids is 1. The van der Waals surface area contributed by atoms with Crippen molar-refractivity contribution in [3.63, 3.8) is 0 Å². The SMILES string of the molecule is CCCCC[C@H](O)c1cccc(/C=C\CCCC(=O)O)c1. The lowest BCUT2D eigenvalue weighted by molar-refractivity contribution is -0.137. The molecule has 0 aliphatic heterocycles. The van der Waals surface area contributed by atoms with Crippen molar-refractivity contribution in [1.82, 2.24) is 0 Å². The van der Waals surface area contributed by atoms with Crippen LogP contribution >= 0.6 is 0 Å². The molecule has 21 heavy (non-hydrogen) atoms. The van der Waals surface area contributed by atoms with Crippen LogP contribution < -0.4 is 0 Å². The van der Waals surface area contributed by atoms with Crippen LogP contribution in [0.1, 0.15) is 69.1 Å². The van der Waals surface area contributed by atoms with E-state index >= 15 is 0 Å². The van der Waals surface area contributed by atoms with Crippen LogP contribution in [-0.4, -0.2) is 16.2 Å². The Morgan fingerprint density at radius 2 is 2.10 bits per heavy atom. The fraction of sp³-hybridized carbons (Fsp3) is 0.500. The van der Waals surface area contributed by atoms with Crippen LogP contribution in [0.5, 0.6) is 0 Å². The lowest BCUT2D eigenvalue weighted by atomic mass is 10.0. The summed E-state index contributed by atoms with van der Waals surface area (Å²) in [5.74, 6) is -0.749. The second-order valence-electron chi connectivity index (χ2n) is 5.37. The van der Waals surface area contributed by atoms with Gasteiger partial charge in [0.15, 0.2) is 0 Å². The maximum Gasteiger partial charge on any atom is 0.303 e. The van der Waals surface area contributed by atoms with E-state index in [-0.39, 0.29) is 6.42 Å². The zero-order chi connectivity index (χ0) is 15.5. The maximum absolute atomic E-state index is 10.4. The fourth-order valence-electron chi connectivity index (χ4n) is 2.21. The van der Waals surface area contributed by atoms with Gasteiger partial charge in [-0.3, -0.25) is 4.79 Å². The molecule has 2 N–H and O–H groups in total. The molecule has 1 atom stereocenters. The zero-order valence-corrected chi connectivity index (χ0v) is 12.8. The first-order chi connectivity index (χ1) is 10.1. The Morgan fingerprint density at radius 1 is 1.29 bits per heavy atom. The van der Waals surface area contributed by atoms with Crippen molar-refractivity contribution in [2.75, 3.05) is 0 Å². The van der Waals surface area contributed by atoms with Crippen molar-refractivity contribution in [2.45, 2.75) is 58.0 Å². The van der Waals surface area contributed by atoms with Gasteiger partial charge in [0, 0.05) is 6.42 Å². The van der Waals surface area contributed by atoms with Crippen molar-refractivity contribution in [2.24, 2.45) is 0 Å². The third kappa shape index (κ3) is 7.66. The third-order valence-electron chi connectivity index (χ3n) is 3.45. The molecule has 0 fully saturated rings. The van der Waals surface area contributed by atoms with E-state index in [0.29, 0.717) is 6.42 Å². The Hall–Kier alpha value is -1.61. The topological polar surface area (TPSA) is 57.5 Å². The molecular formula is C18H26O3. The van der Waals surface area contributed by atoms with Crippen LogP contribution in [0.25, 0.3) is 6.08 Å². The smallest absolute Gasteiger partial charge is 0.303 e. The third-order valence-corrected chi connectivity index (χ3v) is 3.45. The van der Waals surface area contributed by atoms with E-state index in [1.807, 2.05) is 36.4 Å². The van der Waals surface area contributed by atoms with E-state index in [2.05, 4.69) is 6.92 Å². The fourth-order valence-corrected chi connectivity index (χ4v) is 2.21. The Balaban J connectivity index is 2.47. The highest BCUT2D eigenvalue weighted by atomic mass is 16.4. The Morgan fingerprint density at radius 3 is 2.81 bits per heavy atom. The minimum atomic E-state index is -0.749. The molecule has 1 aromatic rings. The van der Waals surface area contributed by atoms with Crippen LogP contribution in [0.15, 0.2) is 30.3 Å². The van der Waals surface area contributed by atoms with E-state index in [9.17, 15) is 9.90 Å². The van der Waals surface area contributed by atoms with Crippen LogP contribution in [0.3, 0.4) is 0 Å². The normalized spacial score (nSPS) is 12.7. The summed E-state index contributed by atoms with van der Waals surface area (Å²) >= 11 is 0. The summed E-state index contributed by atoms with van der Waals surface area (Å²) in [7, 11) is 0. The number of carboxylic acid groups (broad SMARTS) is 1. The average molecular weight is 290 g/mol. The van der Waals surface area contributed by atoms with Gasteiger partial charge in [0.1, 0.15) is 0 Å². The predicted octanol–water partition coefficient (Wildman–Crippen LogP) is 4.57. The van der Waals surface area contributed by atoms with Crippen molar-refractivity contribution in [3.8, 4) is 0 Å². The second kappa shape index (κ2) is 10.2. The molecule has 0 saturated carbocycles. The van der Waals surface area contributed by atoms with Crippen LogP contribution in [0.4, 0.5) is 0 Å². The number of allylic oxidation sites excluding steroid dienone is 1. The zero-order valence-electron chi connectivity index (χ0n) is 12.8. The quantitative estimate of drug-likeness (QED) is 0.621. The number of carboxylic acids is 1. The highest BCUT2D eigenvalue weighted by molar-refractivity contribution is 5.66. The first-order valence-corrected chi connectivity index (χ1v) is 7.80. The molecule has 0 amide bonds. The molecule has 0 heterocycles. The van der Waals surface area contributed by atoms with Crippen LogP contribution in [0, 0.1) is 0 Å². The number of rotatable bonds is 10. The minimum Gasteiger partial charge on any atom is -0.481 e. The average Bonchev–Trinajstić information content (AvgIpc) is 2.47.